The number of aromatic nitrogens is 2. The molecule has 0 aliphatic rings. The molecular formula is C15H21N3S. The van der Waals surface area contributed by atoms with E-state index >= 15 is 0 Å². The highest BCUT2D eigenvalue weighted by atomic mass is 32.2. The van der Waals surface area contributed by atoms with E-state index in [1.165, 1.54) is 16.0 Å². The van der Waals surface area contributed by atoms with Crippen LogP contribution in [0.15, 0.2) is 41.6 Å². The zero-order chi connectivity index (χ0) is 13.7. The highest BCUT2D eigenvalue weighted by Crippen LogP contribution is 2.22. The summed E-state index contributed by atoms with van der Waals surface area (Å²) in [5.41, 5.74) is 2.59. The molecule has 0 unspecified atom stereocenters. The Hall–Kier alpha value is -1.26. The van der Waals surface area contributed by atoms with Crippen LogP contribution in [-0.2, 0) is 19.3 Å². The molecule has 0 saturated heterocycles. The molecule has 0 spiro atoms. The fraction of sp³-hybridized carbons (Fsp3) is 0.400. The first-order chi connectivity index (χ1) is 9.13. The minimum absolute atomic E-state index is 0.527. The molecule has 1 aromatic heterocycles. The summed E-state index contributed by atoms with van der Waals surface area (Å²) in [7, 11) is 1.95. The van der Waals surface area contributed by atoms with Crippen LogP contribution in [0.3, 0.4) is 0 Å². The van der Waals surface area contributed by atoms with E-state index in [4.69, 9.17) is 0 Å². The van der Waals surface area contributed by atoms with E-state index in [1.54, 1.807) is 0 Å². The number of hydrogen-bond acceptors (Lipinski definition) is 3. The molecule has 2 aromatic rings. The third kappa shape index (κ3) is 4.73. The first kappa shape index (κ1) is 14.2. The smallest absolute Gasteiger partial charge is 0.0530 e. The van der Waals surface area contributed by atoms with Crippen LogP contribution in [0.2, 0.25) is 0 Å². The second-order valence-electron chi connectivity index (χ2n) is 4.99. The van der Waals surface area contributed by atoms with Crippen molar-refractivity contribution in [3.05, 3.63) is 47.8 Å². The van der Waals surface area contributed by atoms with E-state index in [1.807, 2.05) is 29.7 Å². The Kier molecular flexibility index (Phi) is 5.05. The van der Waals surface area contributed by atoms with Gasteiger partial charge in [-0.15, -0.1) is 11.8 Å². The van der Waals surface area contributed by atoms with Gasteiger partial charge in [0, 0.05) is 42.0 Å². The van der Waals surface area contributed by atoms with Crippen molar-refractivity contribution in [1.29, 1.82) is 0 Å². The summed E-state index contributed by atoms with van der Waals surface area (Å²) >= 11 is 1.85. The minimum atomic E-state index is 0.527. The van der Waals surface area contributed by atoms with Gasteiger partial charge in [0.25, 0.3) is 0 Å². The van der Waals surface area contributed by atoms with Gasteiger partial charge in [0.2, 0.25) is 0 Å². The quantitative estimate of drug-likeness (QED) is 0.821. The Labute approximate surface area is 119 Å². The molecule has 0 bridgehead atoms. The Morgan fingerprint density at radius 2 is 1.95 bits per heavy atom. The topological polar surface area (TPSA) is 29.9 Å². The summed E-state index contributed by atoms with van der Waals surface area (Å²) in [6.45, 7) is 5.27. The molecule has 0 fully saturated rings. The predicted molar refractivity (Wildman–Crippen MR) is 81.2 cm³/mol. The van der Waals surface area contributed by atoms with Crippen molar-refractivity contribution in [1.82, 2.24) is 15.1 Å². The molecule has 0 aliphatic heterocycles. The summed E-state index contributed by atoms with van der Waals surface area (Å²) in [6.07, 6.45) is 3.99. The number of thioether (sulfide) groups is 1. The van der Waals surface area contributed by atoms with Crippen molar-refractivity contribution in [2.24, 2.45) is 7.05 Å². The zero-order valence-electron chi connectivity index (χ0n) is 11.8. The average Bonchev–Trinajstić information content (AvgIpc) is 2.81. The predicted octanol–water partition coefficient (Wildman–Crippen LogP) is 3.21. The Morgan fingerprint density at radius 3 is 2.53 bits per heavy atom. The lowest BCUT2D eigenvalue weighted by Gasteiger charge is -2.08. The van der Waals surface area contributed by atoms with Crippen LogP contribution in [0.25, 0.3) is 0 Å². The third-order valence-electron chi connectivity index (χ3n) is 2.80. The molecule has 0 amide bonds. The lowest BCUT2D eigenvalue weighted by molar-refractivity contribution is 0.588. The average molecular weight is 275 g/mol. The summed E-state index contributed by atoms with van der Waals surface area (Å²) in [5, 5.41) is 7.60. The van der Waals surface area contributed by atoms with E-state index in [-0.39, 0.29) is 0 Å². The first-order valence-electron chi connectivity index (χ1n) is 6.56. The molecule has 3 nitrogen and oxygen atoms in total. The van der Waals surface area contributed by atoms with Gasteiger partial charge < -0.3 is 5.32 Å². The van der Waals surface area contributed by atoms with Crippen LogP contribution in [0.5, 0.6) is 0 Å². The monoisotopic (exact) mass is 275 g/mol. The highest BCUT2D eigenvalue weighted by Gasteiger charge is 2.00. The highest BCUT2D eigenvalue weighted by molar-refractivity contribution is 7.98. The minimum Gasteiger partial charge on any atom is -0.310 e. The second kappa shape index (κ2) is 6.78. The molecule has 0 aliphatic carbocycles. The van der Waals surface area contributed by atoms with Crippen LogP contribution < -0.4 is 5.32 Å². The second-order valence-corrected chi connectivity index (χ2v) is 6.04. The summed E-state index contributed by atoms with van der Waals surface area (Å²) < 4.78 is 1.84. The zero-order valence-corrected chi connectivity index (χ0v) is 12.6. The number of benzene rings is 1. The molecule has 0 atom stereocenters. The van der Waals surface area contributed by atoms with Gasteiger partial charge in [0.1, 0.15) is 0 Å². The summed E-state index contributed by atoms with van der Waals surface area (Å²) in [6, 6.07) is 9.30. The van der Waals surface area contributed by atoms with Gasteiger partial charge in [0.15, 0.2) is 0 Å². The van der Waals surface area contributed by atoms with Crippen molar-refractivity contribution in [2.45, 2.75) is 37.1 Å². The van der Waals surface area contributed by atoms with Gasteiger partial charge in [-0.2, -0.15) is 5.10 Å². The molecule has 0 radical (unpaired) electrons. The summed E-state index contributed by atoms with van der Waals surface area (Å²) in [4.78, 5) is 1.30. The van der Waals surface area contributed by atoms with Gasteiger partial charge >= 0.3 is 0 Å². The van der Waals surface area contributed by atoms with Crippen LogP contribution in [0.1, 0.15) is 25.0 Å². The fourth-order valence-corrected chi connectivity index (χ4v) is 2.55. The van der Waals surface area contributed by atoms with Gasteiger partial charge in [0.05, 0.1) is 6.20 Å². The summed E-state index contributed by atoms with van der Waals surface area (Å²) in [5.74, 6) is 0.970. The van der Waals surface area contributed by atoms with Crippen LogP contribution in [0.4, 0.5) is 0 Å². The van der Waals surface area contributed by atoms with E-state index in [9.17, 15) is 0 Å². The maximum absolute atomic E-state index is 4.18. The van der Waals surface area contributed by atoms with E-state index < -0.39 is 0 Å². The van der Waals surface area contributed by atoms with Crippen molar-refractivity contribution in [3.8, 4) is 0 Å². The number of nitrogens with one attached hydrogen (secondary N) is 1. The van der Waals surface area contributed by atoms with Gasteiger partial charge in [-0.1, -0.05) is 26.0 Å². The van der Waals surface area contributed by atoms with E-state index in [0.717, 1.165) is 12.3 Å². The van der Waals surface area contributed by atoms with Gasteiger partial charge in [-0.3, -0.25) is 4.68 Å². The lowest BCUT2D eigenvalue weighted by Crippen LogP contribution is -2.21. The van der Waals surface area contributed by atoms with Crippen molar-refractivity contribution in [2.75, 3.05) is 0 Å². The first-order valence-corrected chi connectivity index (χ1v) is 7.54. The van der Waals surface area contributed by atoms with Crippen molar-refractivity contribution in [3.63, 3.8) is 0 Å². The lowest BCUT2D eigenvalue weighted by atomic mass is 10.2. The largest absolute Gasteiger partial charge is 0.310 e. The standard InChI is InChI=1S/C15H21N3S/c1-12(2)16-8-13-4-6-15(7-5-13)19-11-14-9-17-18(3)10-14/h4-7,9-10,12,16H,8,11H2,1-3H3. The fourth-order valence-electron chi connectivity index (χ4n) is 1.74. The van der Waals surface area contributed by atoms with Gasteiger partial charge in [-0.25, -0.2) is 0 Å². The van der Waals surface area contributed by atoms with Crippen molar-refractivity contribution < 1.29 is 0 Å². The number of hydrogen-bond donors (Lipinski definition) is 1. The number of nitrogens with zero attached hydrogens (tertiary/aromatic N) is 2. The maximum Gasteiger partial charge on any atom is 0.0530 e. The van der Waals surface area contributed by atoms with E-state index in [2.05, 4.69) is 54.7 Å². The van der Waals surface area contributed by atoms with Gasteiger partial charge in [-0.05, 0) is 17.7 Å². The molecule has 0 saturated carbocycles. The Balaban J connectivity index is 1.84. The normalized spacial score (nSPS) is 11.2. The molecule has 1 heterocycles. The Morgan fingerprint density at radius 1 is 1.21 bits per heavy atom. The molecular weight excluding hydrogens is 254 g/mol. The van der Waals surface area contributed by atoms with E-state index in [0.29, 0.717) is 6.04 Å². The van der Waals surface area contributed by atoms with Crippen molar-refractivity contribution >= 4 is 11.8 Å². The number of aryl methyl sites for hydroxylation is 1. The van der Waals surface area contributed by atoms with Crippen LogP contribution in [-0.4, -0.2) is 15.8 Å². The SMILES string of the molecule is CC(C)NCc1ccc(SCc2cnn(C)c2)cc1. The maximum atomic E-state index is 4.18. The number of rotatable bonds is 6. The molecule has 102 valence electrons. The molecule has 1 N–H and O–H groups in total. The molecule has 4 heteroatoms. The van der Waals surface area contributed by atoms with Crippen LogP contribution >= 0.6 is 11.8 Å². The molecule has 19 heavy (non-hydrogen) atoms. The molecule has 2 rings (SSSR count). The Bertz CT molecular complexity index is 502. The third-order valence-corrected chi connectivity index (χ3v) is 3.88. The van der Waals surface area contributed by atoms with Crippen LogP contribution in [0, 0.1) is 0 Å². The molecule has 1 aromatic carbocycles.